The number of nitrogens with zero attached hydrogens (tertiary/aromatic N) is 3. The minimum atomic E-state index is -0.237. The molecule has 0 aromatic heterocycles. The zero-order valence-corrected chi connectivity index (χ0v) is 16.8. The minimum absolute atomic E-state index is 0.0539. The predicted octanol–water partition coefficient (Wildman–Crippen LogP) is 3.79. The average molecular weight is 383 g/mol. The first-order valence-corrected chi connectivity index (χ1v) is 10.5. The molecule has 2 heterocycles. The van der Waals surface area contributed by atoms with Gasteiger partial charge in [-0.25, -0.2) is 4.79 Å². The third-order valence-electron chi connectivity index (χ3n) is 6.01. The largest absolute Gasteiger partial charge is 0.393 e. The Morgan fingerprint density at radius 3 is 2.75 bits per heavy atom. The van der Waals surface area contributed by atoms with Crippen molar-refractivity contribution in [1.82, 2.24) is 9.91 Å². The fourth-order valence-electron chi connectivity index (χ4n) is 4.47. The van der Waals surface area contributed by atoms with Crippen molar-refractivity contribution in [1.29, 1.82) is 0 Å². The van der Waals surface area contributed by atoms with Crippen molar-refractivity contribution in [3.63, 3.8) is 0 Å². The van der Waals surface area contributed by atoms with Crippen LogP contribution in [-0.4, -0.2) is 53.0 Å². The Morgan fingerprint density at radius 1 is 1.21 bits per heavy atom. The lowest BCUT2D eigenvalue weighted by atomic mass is 9.79. The van der Waals surface area contributed by atoms with Crippen molar-refractivity contribution in [2.45, 2.75) is 51.6 Å². The number of likely N-dealkylation sites (N-methyl/N-ethyl adjacent to an activating group) is 1. The fraction of sp³-hybridized carbons (Fsp3) is 0.545. The molecule has 1 aromatic rings. The highest BCUT2D eigenvalue weighted by Crippen LogP contribution is 2.39. The van der Waals surface area contributed by atoms with Gasteiger partial charge in [0.25, 0.3) is 0 Å². The van der Waals surface area contributed by atoms with Gasteiger partial charge in [0.1, 0.15) is 0 Å². The summed E-state index contributed by atoms with van der Waals surface area (Å²) in [7, 11) is 1.83. The molecule has 2 atom stereocenters. The summed E-state index contributed by atoms with van der Waals surface area (Å²) in [5.41, 5.74) is 5.50. The van der Waals surface area contributed by atoms with E-state index in [1.807, 2.05) is 7.05 Å². The third kappa shape index (κ3) is 3.53. The van der Waals surface area contributed by atoms with Crippen LogP contribution >= 0.6 is 0 Å². The van der Waals surface area contributed by atoms with Crippen molar-refractivity contribution in [3.8, 4) is 0 Å². The van der Waals surface area contributed by atoms with E-state index in [2.05, 4.69) is 36.5 Å². The van der Waals surface area contributed by atoms with E-state index in [-0.39, 0.29) is 18.1 Å². The summed E-state index contributed by atoms with van der Waals surface area (Å²) in [5.74, 6) is 0.176. The number of allylic oxidation sites excluding steroid dienone is 1. The van der Waals surface area contributed by atoms with Crippen molar-refractivity contribution < 1.29 is 9.90 Å². The van der Waals surface area contributed by atoms with Crippen molar-refractivity contribution >= 4 is 17.4 Å². The van der Waals surface area contributed by atoms with Gasteiger partial charge in [0, 0.05) is 25.2 Å². The second kappa shape index (κ2) is 7.95. The number of carbonyl (C=O) groups is 1. The number of anilines is 1. The van der Waals surface area contributed by atoms with Crippen LogP contribution < -0.4 is 5.32 Å². The summed E-state index contributed by atoms with van der Waals surface area (Å²) in [5, 5.41) is 20.0. The van der Waals surface area contributed by atoms with E-state index in [1.54, 1.807) is 9.91 Å². The van der Waals surface area contributed by atoms with Crippen molar-refractivity contribution in [3.05, 3.63) is 41.1 Å². The number of amides is 2. The van der Waals surface area contributed by atoms with Crippen LogP contribution in [0.1, 0.15) is 51.0 Å². The number of aliphatic hydroxyl groups excluding tert-OH is 1. The first-order chi connectivity index (χ1) is 13.6. The van der Waals surface area contributed by atoms with Gasteiger partial charge in [-0.1, -0.05) is 19.1 Å². The van der Waals surface area contributed by atoms with Gasteiger partial charge in [-0.2, -0.15) is 10.1 Å². The van der Waals surface area contributed by atoms with Gasteiger partial charge in [0.2, 0.25) is 0 Å². The van der Waals surface area contributed by atoms with Gasteiger partial charge < -0.3 is 15.3 Å². The maximum atomic E-state index is 12.6. The molecule has 6 nitrogen and oxygen atoms in total. The lowest BCUT2D eigenvalue weighted by Crippen LogP contribution is -2.34. The number of rotatable bonds is 4. The lowest BCUT2D eigenvalue weighted by Gasteiger charge is -2.33. The number of hydrogen-bond acceptors (Lipinski definition) is 4. The summed E-state index contributed by atoms with van der Waals surface area (Å²) >= 11 is 0. The van der Waals surface area contributed by atoms with Gasteiger partial charge in [-0.15, -0.1) is 0 Å². The first kappa shape index (κ1) is 19.0. The molecule has 2 unspecified atom stereocenters. The second-order valence-electron chi connectivity index (χ2n) is 8.09. The SMILES string of the molecule is CCCNc1ccc(C2=NN3C(=O)N(C)CC3=C3CCCC(O)CCC23)cc1. The predicted molar refractivity (Wildman–Crippen MR) is 111 cm³/mol. The zero-order chi connectivity index (χ0) is 19.7. The number of hydrazone groups is 1. The molecule has 1 saturated heterocycles. The lowest BCUT2D eigenvalue weighted by molar-refractivity contribution is 0.142. The molecule has 2 amide bonds. The molecule has 2 N–H and O–H groups in total. The van der Waals surface area contributed by atoms with E-state index in [0.29, 0.717) is 6.54 Å². The van der Waals surface area contributed by atoms with Crippen LogP contribution in [0.3, 0.4) is 0 Å². The van der Waals surface area contributed by atoms with Crippen LogP contribution in [0, 0.1) is 5.92 Å². The summed E-state index contributed by atoms with van der Waals surface area (Å²) in [6, 6.07) is 8.31. The van der Waals surface area contributed by atoms with Crippen LogP contribution in [-0.2, 0) is 0 Å². The Bertz CT molecular complexity index is 799. The van der Waals surface area contributed by atoms with Crippen molar-refractivity contribution in [2.75, 3.05) is 25.5 Å². The van der Waals surface area contributed by atoms with Crippen molar-refractivity contribution in [2.24, 2.45) is 11.0 Å². The van der Waals surface area contributed by atoms with Crippen LogP contribution in [0.2, 0.25) is 0 Å². The molecule has 28 heavy (non-hydrogen) atoms. The van der Waals surface area contributed by atoms with E-state index >= 15 is 0 Å². The quantitative estimate of drug-likeness (QED) is 0.832. The number of urea groups is 1. The highest BCUT2D eigenvalue weighted by molar-refractivity contribution is 6.05. The van der Waals surface area contributed by atoms with E-state index in [0.717, 1.165) is 67.7 Å². The van der Waals surface area contributed by atoms with E-state index in [4.69, 9.17) is 5.10 Å². The van der Waals surface area contributed by atoms with E-state index in [1.165, 1.54) is 5.57 Å². The van der Waals surface area contributed by atoms with E-state index in [9.17, 15) is 9.90 Å². The van der Waals surface area contributed by atoms with Crippen LogP contribution in [0.15, 0.2) is 40.6 Å². The average Bonchev–Trinajstić information content (AvgIpc) is 2.97. The molecule has 4 rings (SSSR count). The van der Waals surface area contributed by atoms with Crippen LogP contribution in [0.4, 0.5) is 10.5 Å². The molecule has 1 aromatic carbocycles. The van der Waals surface area contributed by atoms with Crippen LogP contribution in [0.5, 0.6) is 0 Å². The topological polar surface area (TPSA) is 68.2 Å². The number of carbonyl (C=O) groups excluding carboxylic acids is 1. The molecule has 1 aliphatic carbocycles. The highest BCUT2D eigenvalue weighted by Gasteiger charge is 2.40. The van der Waals surface area contributed by atoms with Gasteiger partial charge >= 0.3 is 6.03 Å². The Labute approximate surface area is 166 Å². The number of benzene rings is 1. The van der Waals surface area contributed by atoms with E-state index < -0.39 is 0 Å². The molecule has 6 heteroatoms. The molecule has 0 bridgehead atoms. The zero-order valence-electron chi connectivity index (χ0n) is 16.8. The Balaban J connectivity index is 1.69. The molecule has 3 aliphatic rings. The number of hydrogen-bond donors (Lipinski definition) is 2. The Kier molecular flexibility index (Phi) is 5.40. The summed E-state index contributed by atoms with van der Waals surface area (Å²) < 4.78 is 0. The standard InChI is InChI=1S/C22H30N4O2/c1-3-13-23-16-9-7-15(8-10-16)21-19-12-11-17(27)5-4-6-18(19)20-14-25(2)22(28)26(20)24-21/h7-10,17,19,23,27H,3-6,11-14H2,1-2H3. The molecular formula is C22H30N4O2. The molecule has 0 radical (unpaired) electrons. The molecule has 1 saturated carbocycles. The fourth-order valence-corrected chi connectivity index (χ4v) is 4.47. The molecule has 2 fully saturated rings. The number of nitrogens with one attached hydrogen (secondary N) is 1. The van der Waals surface area contributed by atoms with Gasteiger partial charge in [-0.3, -0.25) is 0 Å². The van der Waals surface area contributed by atoms with Gasteiger partial charge in [0.05, 0.1) is 24.1 Å². The summed E-state index contributed by atoms with van der Waals surface area (Å²) in [6.07, 6.45) is 5.21. The third-order valence-corrected chi connectivity index (χ3v) is 6.01. The number of aliphatic hydroxyl groups is 1. The minimum Gasteiger partial charge on any atom is -0.393 e. The molecule has 150 valence electrons. The second-order valence-corrected chi connectivity index (χ2v) is 8.09. The first-order valence-electron chi connectivity index (χ1n) is 10.5. The van der Waals surface area contributed by atoms with Gasteiger partial charge in [-0.05, 0) is 61.8 Å². The summed E-state index contributed by atoms with van der Waals surface area (Å²) in [6.45, 7) is 3.73. The Morgan fingerprint density at radius 2 is 2.00 bits per heavy atom. The molecule has 0 spiro atoms. The highest BCUT2D eigenvalue weighted by atomic mass is 16.3. The van der Waals surface area contributed by atoms with Gasteiger partial charge in [0.15, 0.2) is 0 Å². The molecular weight excluding hydrogens is 352 g/mol. The summed E-state index contributed by atoms with van der Waals surface area (Å²) in [4.78, 5) is 14.4. The number of fused-ring (bicyclic) bond motifs is 2. The van der Waals surface area contributed by atoms with Crippen LogP contribution in [0.25, 0.3) is 0 Å². The molecule has 2 aliphatic heterocycles. The maximum Gasteiger partial charge on any atom is 0.345 e. The smallest absolute Gasteiger partial charge is 0.345 e. The Hall–Kier alpha value is -2.34. The monoisotopic (exact) mass is 382 g/mol. The normalized spacial score (nSPS) is 25.1. The maximum absolute atomic E-state index is 12.6.